The molecule has 1 atom stereocenters. The van der Waals surface area contributed by atoms with Crippen LogP contribution in [0, 0.1) is 12.7 Å². The van der Waals surface area contributed by atoms with Gasteiger partial charge in [0.2, 0.25) is 0 Å². The zero-order valence-corrected chi connectivity index (χ0v) is 13.1. The van der Waals surface area contributed by atoms with Gasteiger partial charge < -0.3 is 4.74 Å². The summed E-state index contributed by atoms with van der Waals surface area (Å²) in [7, 11) is 0. The van der Waals surface area contributed by atoms with E-state index in [9.17, 15) is 9.18 Å². The topological polar surface area (TPSA) is 57.0 Å². The summed E-state index contributed by atoms with van der Waals surface area (Å²) in [5, 5.41) is 4.03. The van der Waals surface area contributed by atoms with Gasteiger partial charge in [-0.25, -0.2) is 18.9 Å². The van der Waals surface area contributed by atoms with Gasteiger partial charge in [0.25, 0.3) is 0 Å². The van der Waals surface area contributed by atoms with E-state index in [-0.39, 0.29) is 5.56 Å². The number of carbonyl (C=O) groups is 1. The Morgan fingerprint density at radius 2 is 2.00 bits per heavy atom. The van der Waals surface area contributed by atoms with Gasteiger partial charge in [-0.3, -0.25) is 0 Å². The summed E-state index contributed by atoms with van der Waals surface area (Å²) in [6, 6.07) is 13.9. The number of benzene rings is 2. The van der Waals surface area contributed by atoms with Crippen molar-refractivity contribution in [3.05, 3.63) is 83.7 Å². The van der Waals surface area contributed by atoms with Gasteiger partial charge in [-0.1, -0.05) is 42.5 Å². The minimum absolute atomic E-state index is 0.0745. The van der Waals surface area contributed by atoms with E-state index < -0.39 is 17.9 Å². The minimum Gasteiger partial charge on any atom is -0.452 e. The fraction of sp³-hybridized carbons (Fsp3) is 0.167. The van der Waals surface area contributed by atoms with E-state index in [1.165, 1.54) is 18.7 Å². The third kappa shape index (κ3) is 3.48. The van der Waals surface area contributed by atoms with Crippen LogP contribution in [0.2, 0.25) is 0 Å². The van der Waals surface area contributed by atoms with E-state index in [1.807, 2.05) is 30.3 Å². The molecule has 0 unspecified atom stereocenters. The highest BCUT2D eigenvalue weighted by Crippen LogP contribution is 2.22. The first-order chi connectivity index (χ1) is 11.6. The molecule has 24 heavy (non-hydrogen) atoms. The molecule has 2 aromatic carbocycles. The molecule has 1 heterocycles. The Kier molecular flexibility index (Phi) is 4.65. The lowest BCUT2D eigenvalue weighted by atomic mass is 10.1. The molecule has 0 aliphatic heterocycles. The van der Waals surface area contributed by atoms with Gasteiger partial charge in [-0.15, -0.1) is 0 Å². The molecule has 0 radical (unpaired) electrons. The molecule has 1 aromatic heterocycles. The van der Waals surface area contributed by atoms with E-state index in [4.69, 9.17) is 4.74 Å². The zero-order chi connectivity index (χ0) is 16.9. The molecule has 0 bridgehead atoms. The van der Waals surface area contributed by atoms with E-state index in [0.717, 1.165) is 5.56 Å². The Balaban J connectivity index is 1.86. The first-order valence-corrected chi connectivity index (χ1v) is 7.48. The van der Waals surface area contributed by atoms with Gasteiger partial charge in [0, 0.05) is 0 Å². The number of aromatic nitrogens is 3. The lowest BCUT2D eigenvalue weighted by molar-refractivity contribution is 0.0241. The molecule has 0 N–H and O–H groups in total. The predicted molar refractivity (Wildman–Crippen MR) is 85.8 cm³/mol. The Bertz CT molecular complexity index is 820. The average molecular weight is 325 g/mol. The van der Waals surface area contributed by atoms with Gasteiger partial charge >= 0.3 is 5.97 Å². The van der Waals surface area contributed by atoms with Crippen LogP contribution in [0.4, 0.5) is 4.39 Å². The van der Waals surface area contributed by atoms with Crippen molar-refractivity contribution >= 4 is 5.97 Å². The zero-order valence-electron chi connectivity index (χ0n) is 13.1. The largest absolute Gasteiger partial charge is 0.452 e. The van der Waals surface area contributed by atoms with Crippen molar-refractivity contribution < 1.29 is 13.9 Å². The normalized spacial score (nSPS) is 11.9. The summed E-state index contributed by atoms with van der Waals surface area (Å²) in [5.74, 6) is -1.26. The van der Waals surface area contributed by atoms with E-state index in [2.05, 4.69) is 10.1 Å². The number of halogens is 1. The summed E-state index contributed by atoms with van der Waals surface area (Å²) in [5.41, 5.74) is 1.13. The van der Waals surface area contributed by atoms with E-state index >= 15 is 0 Å². The lowest BCUT2D eigenvalue weighted by Gasteiger charge is -2.18. The molecule has 122 valence electrons. The predicted octanol–water partition coefficient (Wildman–Crippen LogP) is 3.32. The van der Waals surface area contributed by atoms with Gasteiger partial charge in [0.05, 0.1) is 12.1 Å². The SMILES string of the molecule is Cc1cccc(C(=O)O[C@H](Cn2cncn2)c2ccccc2)c1F. The second-order valence-corrected chi connectivity index (χ2v) is 5.36. The highest BCUT2D eigenvalue weighted by atomic mass is 19.1. The van der Waals surface area contributed by atoms with Crippen molar-refractivity contribution in [2.75, 3.05) is 0 Å². The highest BCUT2D eigenvalue weighted by Gasteiger charge is 2.21. The number of rotatable bonds is 5. The monoisotopic (exact) mass is 325 g/mol. The van der Waals surface area contributed by atoms with Crippen LogP contribution in [0.3, 0.4) is 0 Å². The van der Waals surface area contributed by atoms with Gasteiger partial charge in [0.1, 0.15) is 24.6 Å². The molecule has 0 saturated heterocycles. The number of carbonyl (C=O) groups excluding carboxylic acids is 1. The molecule has 5 nitrogen and oxygen atoms in total. The number of esters is 1. The number of ether oxygens (including phenoxy) is 1. The third-order valence-corrected chi connectivity index (χ3v) is 3.65. The smallest absolute Gasteiger partial charge is 0.341 e. The summed E-state index contributed by atoms with van der Waals surface area (Å²) in [4.78, 5) is 16.3. The van der Waals surface area contributed by atoms with Gasteiger partial charge in [0.15, 0.2) is 0 Å². The fourth-order valence-electron chi connectivity index (χ4n) is 2.37. The third-order valence-electron chi connectivity index (χ3n) is 3.65. The maximum atomic E-state index is 14.2. The second-order valence-electron chi connectivity index (χ2n) is 5.36. The van der Waals surface area contributed by atoms with Gasteiger partial charge in [-0.2, -0.15) is 5.10 Å². The Labute approximate surface area is 138 Å². The summed E-state index contributed by atoms with van der Waals surface area (Å²) in [6.45, 7) is 1.90. The highest BCUT2D eigenvalue weighted by molar-refractivity contribution is 5.90. The summed E-state index contributed by atoms with van der Waals surface area (Å²) >= 11 is 0. The van der Waals surface area contributed by atoms with Crippen molar-refractivity contribution in [3.63, 3.8) is 0 Å². The Morgan fingerprint density at radius 1 is 1.21 bits per heavy atom. The first-order valence-electron chi connectivity index (χ1n) is 7.48. The van der Waals surface area contributed by atoms with E-state index in [0.29, 0.717) is 12.1 Å². The molecule has 0 aliphatic carbocycles. The van der Waals surface area contributed by atoms with Crippen molar-refractivity contribution in [3.8, 4) is 0 Å². The molecule has 0 amide bonds. The van der Waals surface area contributed by atoms with Crippen molar-refractivity contribution in [2.24, 2.45) is 0 Å². The molecule has 3 aromatic rings. The van der Waals surface area contributed by atoms with Crippen LogP contribution in [-0.2, 0) is 11.3 Å². The van der Waals surface area contributed by atoms with E-state index in [1.54, 1.807) is 23.7 Å². The lowest BCUT2D eigenvalue weighted by Crippen LogP contribution is -2.18. The fourth-order valence-corrected chi connectivity index (χ4v) is 2.37. The van der Waals surface area contributed by atoms with Crippen LogP contribution in [0.25, 0.3) is 0 Å². The van der Waals surface area contributed by atoms with Crippen LogP contribution < -0.4 is 0 Å². The summed E-state index contributed by atoms with van der Waals surface area (Å²) < 4.78 is 21.3. The second kappa shape index (κ2) is 7.04. The van der Waals surface area contributed by atoms with Crippen molar-refractivity contribution in [2.45, 2.75) is 19.6 Å². The Morgan fingerprint density at radius 3 is 2.71 bits per heavy atom. The Hall–Kier alpha value is -3.02. The summed E-state index contributed by atoms with van der Waals surface area (Å²) in [6.07, 6.45) is 2.35. The quantitative estimate of drug-likeness (QED) is 0.675. The van der Waals surface area contributed by atoms with Crippen molar-refractivity contribution in [1.82, 2.24) is 14.8 Å². The first kappa shape index (κ1) is 15.9. The van der Waals surface area contributed by atoms with Crippen LogP contribution in [0.1, 0.15) is 27.6 Å². The maximum Gasteiger partial charge on any atom is 0.341 e. The number of hydrogen-bond donors (Lipinski definition) is 0. The van der Waals surface area contributed by atoms with Crippen molar-refractivity contribution in [1.29, 1.82) is 0 Å². The molecule has 0 saturated carbocycles. The van der Waals surface area contributed by atoms with Crippen LogP contribution >= 0.6 is 0 Å². The van der Waals surface area contributed by atoms with Crippen LogP contribution in [0.5, 0.6) is 0 Å². The minimum atomic E-state index is -0.704. The maximum absolute atomic E-state index is 14.2. The average Bonchev–Trinajstić information content (AvgIpc) is 3.10. The molecule has 0 aliphatic rings. The molecular weight excluding hydrogens is 309 g/mol. The van der Waals surface area contributed by atoms with Gasteiger partial charge in [-0.05, 0) is 24.1 Å². The number of aryl methyl sites for hydroxylation is 1. The molecule has 6 heteroatoms. The number of nitrogens with zero attached hydrogens (tertiary/aromatic N) is 3. The molecular formula is C18H16FN3O2. The van der Waals surface area contributed by atoms with Crippen LogP contribution in [0.15, 0.2) is 61.2 Å². The molecule has 0 fully saturated rings. The number of hydrogen-bond acceptors (Lipinski definition) is 4. The standard InChI is InChI=1S/C18H16FN3O2/c1-13-6-5-9-15(17(13)19)18(23)24-16(10-22-12-20-11-21-22)14-7-3-2-4-8-14/h2-9,11-12,16H,10H2,1H3/t16-/m1/s1. The van der Waals surface area contributed by atoms with Crippen LogP contribution in [-0.4, -0.2) is 20.7 Å². The molecule has 3 rings (SSSR count). The molecule has 0 spiro atoms.